The lowest BCUT2D eigenvalue weighted by Crippen LogP contribution is -2.15. The number of aryl methyl sites for hydroxylation is 1. The molecular weight excluding hydrogens is 338 g/mol. The zero-order valence-corrected chi connectivity index (χ0v) is 13.9. The second kappa shape index (κ2) is 7.79. The highest BCUT2D eigenvalue weighted by molar-refractivity contribution is 9.09. The van der Waals surface area contributed by atoms with Gasteiger partial charge in [-0.15, -0.1) is 0 Å². The fourth-order valence-corrected chi connectivity index (χ4v) is 2.93. The van der Waals surface area contributed by atoms with Gasteiger partial charge in [-0.2, -0.15) is 5.10 Å². The molecule has 1 unspecified atom stereocenters. The second-order valence-electron chi connectivity index (χ2n) is 4.92. The maximum Gasteiger partial charge on any atom is 0.138 e. The third kappa shape index (κ3) is 4.06. The molecule has 0 N–H and O–H groups in total. The quantitative estimate of drug-likeness (QED) is 0.698. The Bertz CT molecular complexity index is 541. The molecule has 108 valence electrons. The summed E-state index contributed by atoms with van der Waals surface area (Å²) < 4.78 is 2.00. The van der Waals surface area contributed by atoms with E-state index < -0.39 is 0 Å². The molecule has 1 heterocycles. The number of halogens is 2. The van der Waals surface area contributed by atoms with Gasteiger partial charge in [0.05, 0.1) is 0 Å². The molecule has 1 atom stereocenters. The van der Waals surface area contributed by atoms with Crippen LogP contribution in [0.3, 0.4) is 0 Å². The lowest BCUT2D eigenvalue weighted by atomic mass is 9.97. The number of hydrogen-bond acceptors (Lipinski definition) is 2. The first-order valence-corrected chi connectivity index (χ1v) is 8.40. The van der Waals surface area contributed by atoms with E-state index in [1.807, 2.05) is 22.9 Å². The third-order valence-corrected chi connectivity index (χ3v) is 4.57. The molecule has 1 aromatic heterocycles. The minimum atomic E-state index is 0.467. The highest BCUT2D eigenvalue weighted by Gasteiger charge is 2.15. The van der Waals surface area contributed by atoms with Crippen molar-refractivity contribution in [3.8, 4) is 0 Å². The Balaban J connectivity index is 2.05. The molecule has 0 aliphatic rings. The van der Waals surface area contributed by atoms with Crippen molar-refractivity contribution in [1.82, 2.24) is 14.8 Å². The van der Waals surface area contributed by atoms with Gasteiger partial charge in [0, 0.05) is 23.3 Å². The first kappa shape index (κ1) is 15.5. The topological polar surface area (TPSA) is 30.7 Å². The van der Waals surface area contributed by atoms with Crippen molar-refractivity contribution in [2.45, 2.75) is 32.7 Å². The van der Waals surface area contributed by atoms with E-state index in [-0.39, 0.29) is 0 Å². The molecule has 2 aromatic rings. The summed E-state index contributed by atoms with van der Waals surface area (Å²) in [5.74, 6) is 1.53. The zero-order chi connectivity index (χ0) is 14.4. The molecule has 0 amide bonds. The Morgan fingerprint density at radius 3 is 2.80 bits per heavy atom. The molecular formula is C15H19BrClN3. The fourth-order valence-electron chi connectivity index (χ4n) is 2.26. The number of aromatic nitrogens is 3. The SMILES string of the molecule is CCCn1ncnc1CC(CBr)Cc1ccccc1Cl. The molecule has 0 radical (unpaired) electrons. The lowest BCUT2D eigenvalue weighted by Gasteiger charge is -2.15. The predicted octanol–water partition coefficient (Wildman–Crippen LogP) is 4.14. The van der Waals surface area contributed by atoms with E-state index in [1.54, 1.807) is 6.33 Å². The van der Waals surface area contributed by atoms with Gasteiger partial charge in [-0.05, 0) is 30.4 Å². The average Bonchev–Trinajstić information content (AvgIpc) is 2.88. The van der Waals surface area contributed by atoms with Gasteiger partial charge in [-0.1, -0.05) is 52.7 Å². The normalized spacial score (nSPS) is 12.6. The van der Waals surface area contributed by atoms with Crippen LogP contribution in [0.5, 0.6) is 0 Å². The Labute approximate surface area is 133 Å². The van der Waals surface area contributed by atoms with Crippen LogP contribution >= 0.6 is 27.5 Å². The van der Waals surface area contributed by atoms with Gasteiger partial charge >= 0.3 is 0 Å². The zero-order valence-electron chi connectivity index (χ0n) is 11.6. The molecule has 20 heavy (non-hydrogen) atoms. The summed E-state index contributed by atoms with van der Waals surface area (Å²) in [4.78, 5) is 4.38. The molecule has 0 bridgehead atoms. The number of alkyl halides is 1. The molecule has 0 fully saturated rings. The Morgan fingerprint density at radius 2 is 2.10 bits per heavy atom. The van der Waals surface area contributed by atoms with Gasteiger partial charge < -0.3 is 0 Å². The lowest BCUT2D eigenvalue weighted by molar-refractivity contribution is 0.511. The van der Waals surface area contributed by atoms with Crippen molar-refractivity contribution in [3.63, 3.8) is 0 Å². The Morgan fingerprint density at radius 1 is 1.30 bits per heavy atom. The standard InChI is InChI=1S/C15H19BrClN3/c1-2-7-20-15(18-11-19-20)9-12(10-16)8-13-5-3-4-6-14(13)17/h3-6,11-12H,2,7-10H2,1H3. The van der Waals surface area contributed by atoms with E-state index in [9.17, 15) is 0 Å². The smallest absolute Gasteiger partial charge is 0.138 e. The van der Waals surface area contributed by atoms with Crippen molar-refractivity contribution in [2.24, 2.45) is 5.92 Å². The van der Waals surface area contributed by atoms with E-state index in [2.05, 4.69) is 39.0 Å². The van der Waals surface area contributed by atoms with E-state index >= 15 is 0 Å². The van der Waals surface area contributed by atoms with Crippen LogP contribution in [0.1, 0.15) is 24.7 Å². The van der Waals surface area contributed by atoms with Crippen molar-refractivity contribution in [1.29, 1.82) is 0 Å². The van der Waals surface area contributed by atoms with Gasteiger partial charge in [-0.25, -0.2) is 4.98 Å². The van der Waals surface area contributed by atoms with Crippen molar-refractivity contribution in [2.75, 3.05) is 5.33 Å². The van der Waals surface area contributed by atoms with Gasteiger partial charge in [0.15, 0.2) is 0 Å². The number of nitrogens with zero attached hydrogens (tertiary/aromatic N) is 3. The van der Waals surface area contributed by atoms with Crippen LogP contribution in [-0.2, 0) is 19.4 Å². The summed E-state index contributed by atoms with van der Waals surface area (Å²) in [6.07, 6.45) is 4.58. The van der Waals surface area contributed by atoms with E-state index in [0.29, 0.717) is 5.92 Å². The fraction of sp³-hybridized carbons (Fsp3) is 0.467. The molecule has 5 heteroatoms. The molecule has 0 saturated heterocycles. The minimum Gasteiger partial charge on any atom is -0.250 e. The second-order valence-corrected chi connectivity index (χ2v) is 5.97. The first-order valence-electron chi connectivity index (χ1n) is 6.90. The molecule has 2 rings (SSSR count). The first-order chi connectivity index (χ1) is 9.74. The summed E-state index contributed by atoms with van der Waals surface area (Å²) in [7, 11) is 0. The summed E-state index contributed by atoms with van der Waals surface area (Å²) in [6.45, 7) is 3.08. The number of hydrogen-bond donors (Lipinski definition) is 0. The summed E-state index contributed by atoms with van der Waals surface area (Å²) in [6, 6.07) is 8.04. The van der Waals surface area contributed by atoms with Crippen LogP contribution in [0.15, 0.2) is 30.6 Å². The highest BCUT2D eigenvalue weighted by Crippen LogP contribution is 2.22. The highest BCUT2D eigenvalue weighted by atomic mass is 79.9. The summed E-state index contributed by atoms with van der Waals surface area (Å²) in [5.41, 5.74) is 1.19. The van der Waals surface area contributed by atoms with Gasteiger partial charge in [-0.3, -0.25) is 4.68 Å². The van der Waals surface area contributed by atoms with E-state index in [4.69, 9.17) is 11.6 Å². The maximum absolute atomic E-state index is 6.24. The van der Waals surface area contributed by atoms with Crippen molar-refractivity contribution in [3.05, 3.63) is 47.0 Å². The van der Waals surface area contributed by atoms with Crippen molar-refractivity contribution >= 4 is 27.5 Å². The molecule has 0 saturated carbocycles. The molecule has 0 aliphatic carbocycles. The Hall–Kier alpha value is -0.870. The molecule has 0 spiro atoms. The van der Waals surface area contributed by atoms with Crippen LogP contribution in [0.4, 0.5) is 0 Å². The molecule has 0 aliphatic heterocycles. The van der Waals surface area contributed by atoms with Crippen LogP contribution in [-0.4, -0.2) is 20.1 Å². The number of benzene rings is 1. The van der Waals surface area contributed by atoms with Crippen molar-refractivity contribution < 1.29 is 0 Å². The summed E-state index contributed by atoms with van der Waals surface area (Å²) >= 11 is 9.85. The van der Waals surface area contributed by atoms with Crippen LogP contribution in [0, 0.1) is 5.92 Å². The predicted molar refractivity (Wildman–Crippen MR) is 86.5 cm³/mol. The molecule has 3 nitrogen and oxygen atoms in total. The van der Waals surface area contributed by atoms with Crippen LogP contribution in [0.2, 0.25) is 5.02 Å². The molecule has 1 aromatic carbocycles. The van der Waals surface area contributed by atoms with Gasteiger partial charge in [0.25, 0.3) is 0 Å². The monoisotopic (exact) mass is 355 g/mol. The minimum absolute atomic E-state index is 0.467. The van der Waals surface area contributed by atoms with Crippen LogP contribution in [0.25, 0.3) is 0 Å². The largest absolute Gasteiger partial charge is 0.250 e. The maximum atomic E-state index is 6.24. The van der Waals surface area contributed by atoms with E-state index in [0.717, 1.165) is 42.0 Å². The summed E-state index contributed by atoms with van der Waals surface area (Å²) in [5, 5.41) is 6.05. The number of rotatable bonds is 7. The Kier molecular flexibility index (Phi) is 6.05. The average molecular weight is 357 g/mol. The van der Waals surface area contributed by atoms with Crippen LogP contribution < -0.4 is 0 Å². The van der Waals surface area contributed by atoms with Gasteiger partial charge in [0.1, 0.15) is 12.2 Å². The van der Waals surface area contributed by atoms with Gasteiger partial charge in [0.2, 0.25) is 0 Å². The van der Waals surface area contributed by atoms with E-state index in [1.165, 1.54) is 5.56 Å². The third-order valence-electron chi connectivity index (χ3n) is 3.29.